The van der Waals surface area contributed by atoms with Gasteiger partial charge in [0.05, 0.1) is 5.69 Å². The van der Waals surface area contributed by atoms with E-state index in [0.717, 1.165) is 5.69 Å². The Balaban J connectivity index is 1.86. The van der Waals surface area contributed by atoms with Crippen LogP contribution in [0.2, 0.25) is 0 Å². The lowest BCUT2D eigenvalue weighted by Crippen LogP contribution is -2.47. The topological polar surface area (TPSA) is 99.8 Å². The zero-order valence-corrected chi connectivity index (χ0v) is 17.6. The van der Waals surface area contributed by atoms with Crippen LogP contribution in [0.3, 0.4) is 0 Å². The first-order chi connectivity index (χ1) is 13.5. The monoisotopic (exact) mass is 439 g/mol. The number of hydrogen-bond donors (Lipinski definition) is 2. The Morgan fingerprint density at radius 3 is 2.52 bits per heavy atom. The van der Waals surface area contributed by atoms with Gasteiger partial charge in [-0.1, -0.05) is 19.0 Å². The van der Waals surface area contributed by atoms with Crippen LogP contribution in [0.4, 0.5) is 13.2 Å². The van der Waals surface area contributed by atoms with Crippen molar-refractivity contribution in [2.75, 3.05) is 26.2 Å². The van der Waals surface area contributed by atoms with Crippen LogP contribution in [0.25, 0.3) is 0 Å². The summed E-state index contributed by atoms with van der Waals surface area (Å²) >= 11 is 0. The first-order valence-corrected chi connectivity index (χ1v) is 11.0. The molecule has 0 bridgehead atoms. The number of aliphatic imine (C=N–C) groups is 1. The Morgan fingerprint density at radius 2 is 2.00 bits per heavy atom. The predicted molar refractivity (Wildman–Crippen MR) is 103 cm³/mol. The molecule has 2 rings (SSSR count). The minimum Gasteiger partial charge on any atom is -0.359 e. The molecule has 2 N–H and O–H groups in total. The van der Waals surface area contributed by atoms with E-state index < -0.39 is 15.5 Å². The van der Waals surface area contributed by atoms with E-state index in [1.165, 1.54) is 0 Å². The van der Waals surface area contributed by atoms with Crippen molar-refractivity contribution in [1.29, 1.82) is 0 Å². The van der Waals surface area contributed by atoms with Crippen LogP contribution in [0.15, 0.2) is 15.6 Å². The van der Waals surface area contributed by atoms with Crippen molar-refractivity contribution < 1.29 is 26.1 Å². The molecule has 29 heavy (non-hydrogen) atoms. The highest BCUT2D eigenvalue weighted by atomic mass is 32.2. The third-order valence-electron chi connectivity index (χ3n) is 4.67. The summed E-state index contributed by atoms with van der Waals surface area (Å²) in [5.41, 5.74) is -4.40. The van der Waals surface area contributed by atoms with Crippen LogP contribution in [0, 0.1) is 5.92 Å². The second-order valence-corrected chi connectivity index (χ2v) is 9.17. The Kier molecular flexibility index (Phi) is 7.92. The Hall–Kier alpha value is -1.82. The van der Waals surface area contributed by atoms with E-state index in [1.54, 1.807) is 0 Å². The highest BCUT2D eigenvalue weighted by Crippen LogP contribution is 2.30. The number of nitrogens with zero attached hydrogens (tertiary/aromatic N) is 3. The summed E-state index contributed by atoms with van der Waals surface area (Å²) in [5.74, 6) is 1.50. The largest absolute Gasteiger partial charge is 0.511 e. The quantitative estimate of drug-likeness (QED) is 0.500. The standard InChI is InChI=1S/C17H28F3N5O3S/c1-4-21-16(23-11-14-9-15(12(2)3)24-28-14)22-10-13-5-7-25(8-6-13)29(26,27)17(18,19)20/h9,12-13H,4-8,10-11H2,1-3H3,(H2,21,22,23). The van der Waals surface area contributed by atoms with Gasteiger partial charge in [-0.3, -0.25) is 0 Å². The van der Waals surface area contributed by atoms with Gasteiger partial charge in [0, 0.05) is 32.2 Å². The molecule has 1 saturated heterocycles. The Morgan fingerprint density at radius 1 is 1.34 bits per heavy atom. The van der Waals surface area contributed by atoms with Gasteiger partial charge in [-0.15, -0.1) is 0 Å². The molecule has 0 spiro atoms. The molecule has 0 amide bonds. The van der Waals surface area contributed by atoms with E-state index in [9.17, 15) is 21.6 Å². The molecule has 1 aromatic rings. The average Bonchev–Trinajstić information content (AvgIpc) is 3.13. The lowest BCUT2D eigenvalue weighted by molar-refractivity contribution is -0.0496. The van der Waals surface area contributed by atoms with Crippen LogP contribution in [-0.4, -0.2) is 55.5 Å². The average molecular weight is 440 g/mol. The molecule has 12 heteroatoms. The summed E-state index contributed by atoms with van der Waals surface area (Å²) < 4.78 is 66.6. The number of alkyl halides is 3. The van der Waals surface area contributed by atoms with Crippen molar-refractivity contribution in [2.45, 2.75) is 51.6 Å². The number of guanidine groups is 1. The molecular formula is C17H28F3N5O3S. The van der Waals surface area contributed by atoms with Crippen LogP contribution < -0.4 is 10.6 Å². The lowest BCUT2D eigenvalue weighted by atomic mass is 9.98. The molecule has 1 aromatic heterocycles. The van der Waals surface area contributed by atoms with E-state index >= 15 is 0 Å². The van der Waals surface area contributed by atoms with E-state index in [4.69, 9.17) is 4.52 Å². The number of rotatable bonds is 7. The number of aromatic nitrogens is 1. The maximum Gasteiger partial charge on any atom is 0.511 e. The van der Waals surface area contributed by atoms with Gasteiger partial charge in [-0.25, -0.2) is 13.4 Å². The summed E-state index contributed by atoms with van der Waals surface area (Å²) in [6.07, 6.45) is 0.698. The lowest BCUT2D eigenvalue weighted by Gasteiger charge is -2.31. The molecule has 8 nitrogen and oxygen atoms in total. The fourth-order valence-electron chi connectivity index (χ4n) is 2.92. The molecular weight excluding hydrogens is 411 g/mol. The third-order valence-corrected chi connectivity index (χ3v) is 6.30. The highest BCUT2D eigenvalue weighted by Gasteiger charge is 2.50. The smallest absolute Gasteiger partial charge is 0.359 e. The molecule has 1 fully saturated rings. The van der Waals surface area contributed by atoms with Crippen molar-refractivity contribution in [2.24, 2.45) is 10.9 Å². The maximum absolute atomic E-state index is 12.6. The van der Waals surface area contributed by atoms with Crippen molar-refractivity contribution in [3.8, 4) is 0 Å². The second kappa shape index (κ2) is 9.79. The first kappa shape index (κ1) is 23.5. The van der Waals surface area contributed by atoms with Crippen molar-refractivity contribution >= 4 is 16.0 Å². The first-order valence-electron chi connectivity index (χ1n) is 9.58. The minimum atomic E-state index is -5.25. The summed E-state index contributed by atoms with van der Waals surface area (Å²) in [6.45, 7) is 7.10. The number of sulfonamides is 1. The van der Waals surface area contributed by atoms with Crippen LogP contribution >= 0.6 is 0 Å². The van der Waals surface area contributed by atoms with Gasteiger partial charge in [0.2, 0.25) is 0 Å². The van der Waals surface area contributed by atoms with Gasteiger partial charge < -0.3 is 15.2 Å². The van der Waals surface area contributed by atoms with Crippen LogP contribution in [-0.2, 0) is 16.6 Å². The van der Waals surface area contributed by atoms with Crippen molar-refractivity contribution in [1.82, 2.24) is 20.1 Å². The SMILES string of the molecule is CCNC(=NCc1cc(C(C)C)no1)NCC1CCN(S(=O)(=O)C(F)(F)F)CC1. The number of nitrogens with one attached hydrogen (secondary N) is 2. The maximum atomic E-state index is 12.6. The molecule has 1 aliphatic rings. The summed E-state index contributed by atoms with van der Waals surface area (Å²) in [7, 11) is -5.25. The molecule has 166 valence electrons. The molecule has 0 aliphatic carbocycles. The van der Waals surface area contributed by atoms with Crippen LogP contribution in [0.1, 0.15) is 51.0 Å². The van der Waals surface area contributed by atoms with Gasteiger partial charge >= 0.3 is 15.5 Å². The minimum absolute atomic E-state index is 0.0522. The van der Waals surface area contributed by atoms with Gasteiger partial charge in [0.25, 0.3) is 0 Å². The van der Waals surface area contributed by atoms with Crippen molar-refractivity contribution in [3.63, 3.8) is 0 Å². The van der Waals surface area contributed by atoms with Gasteiger partial charge in [0.15, 0.2) is 11.7 Å². The van der Waals surface area contributed by atoms with Gasteiger partial charge in [0.1, 0.15) is 6.54 Å². The van der Waals surface area contributed by atoms with E-state index in [2.05, 4.69) is 20.8 Å². The normalized spacial score (nSPS) is 17.7. The number of hydrogen-bond acceptors (Lipinski definition) is 5. The molecule has 1 aliphatic heterocycles. The number of halogens is 3. The Bertz CT molecular complexity index is 784. The molecule has 0 saturated carbocycles. The van der Waals surface area contributed by atoms with Gasteiger partial charge in [-0.05, 0) is 31.6 Å². The molecule has 0 atom stereocenters. The van der Waals surface area contributed by atoms with Crippen LogP contribution in [0.5, 0.6) is 0 Å². The predicted octanol–water partition coefficient (Wildman–Crippen LogP) is 2.41. The zero-order valence-electron chi connectivity index (χ0n) is 16.8. The second-order valence-electron chi connectivity index (χ2n) is 7.24. The number of piperidine rings is 1. The fraction of sp³-hybridized carbons (Fsp3) is 0.765. The van der Waals surface area contributed by atoms with Crippen molar-refractivity contribution in [3.05, 3.63) is 17.5 Å². The van der Waals surface area contributed by atoms with Gasteiger partial charge in [-0.2, -0.15) is 17.5 Å². The molecule has 2 heterocycles. The van der Waals surface area contributed by atoms with E-state index in [-0.39, 0.29) is 24.9 Å². The molecule has 0 aromatic carbocycles. The summed E-state index contributed by atoms with van der Waals surface area (Å²) in [5, 5.41) is 10.2. The highest BCUT2D eigenvalue weighted by molar-refractivity contribution is 7.90. The molecule has 0 unspecified atom stereocenters. The summed E-state index contributed by atoms with van der Waals surface area (Å²) in [6, 6.07) is 1.86. The Labute approximate surface area is 169 Å². The molecule has 0 radical (unpaired) electrons. The third kappa shape index (κ3) is 6.33. The fourth-order valence-corrected chi connectivity index (χ4v) is 3.90. The van der Waals surface area contributed by atoms with E-state index in [1.807, 2.05) is 26.8 Å². The zero-order chi connectivity index (χ0) is 21.7. The van der Waals surface area contributed by atoms with E-state index in [0.29, 0.717) is 48.5 Å². The summed E-state index contributed by atoms with van der Waals surface area (Å²) in [4.78, 5) is 4.43.